The second-order valence-corrected chi connectivity index (χ2v) is 3.74. The third-order valence-electron chi connectivity index (χ3n) is 2.96. The fourth-order valence-corrected chi connectivity index (χ4v) is 1.73. The predicted octanol–water partition coefficient (Wildman–Crippen LogP) is 2.54. The van der Waals surface area contributed by atoms with Crippen LogP contribution in [0.5, 0.6) is 0 Å². The number of rotatable bonds is 1. The summed E-state index contributed by atoms with van der Waals surface area (Å²) < 4.78 is 0. The fraction of sp³-hybridized carbons (Fsp3) is 0.909. The summed E-state index contributed by atoms with van der Waals surface area (Å²) in [5, 5.41) is 9.58. The number of aliphatic hydroxyl groups excluding tert-OH is 1. The largest absolute Gasteiger partial charge is 0.392 e. The molecule has 0 spiro atoms. The summed E-state index contributed by atoms with van der Waals surface area (Å²) in [7, 11) is 0. The second-order valence-electron chi connectivity index (χ2n) is 3.74. The van der Waals surface area contributed by atoms with Crippen molar-refractivity contribution in [2.45, 2.75) is 59.5 Å². The van der Waals surface area contributed by atoms with E-state index in [0.29, 0.717) is 0 Å². The van der Waals surface area contributed by atoms with Gasteiger partial charge in [-0.1, -0.05) is 33.6 Å². The molecule has 78 valence electrons. The van der Waals surface area contributed by atoms with E-state index in [1.54, 1.807) is 6.92 Å². The molecule has 0 saturated heterocycles. The fourth-order valence-electron chi connectivity index (χ4n) is 1.73. The number of aliphatic hydroxyl groups is 1. The first-order valence-electron chi connectivity index (χ1n) is 5.26. The van der Waals surface area contributed by atoms with Gasteiger partial charge in [-0.25, -0.2) is 0 Å². The number of hydrogen-bond acceptors (Lipinski definition) is 2. The van der Waals surface area contributed by atoms with Crippen molar-refractivity contribution >= 4 is 5.78 Å². The summed E-state index contributed by atoms with van der Waals surface area (Å²) in [5.74, 6) is 0.129. The summed E-state index contributed by atoms with van der Waals surface area (Å²) >= 11 is 0. The maximum absolute atomic E-state index is 11.2. The van der Waals surface area contributed by atoms with Crippen molar-refractivity contribution in [1.29, 1.82) is 0 Å². The van der Waals surface area contributed by atoms with E-state index < -0.39 is 11.5 Å². The topological polar surface area (TPSA) is 37.3 Å². The third-order valence-corrected chi connectivity index (χ3v) is 2.96. The molecule has 0 aliphatic heterocycles. The zero-order valence-electron chi connectivity index (χ0n) is 9.26. The van der Waals surface area contributed by atoms with E-state index in [9.17, 15) is 9.90 Å². The number of ketones is 1. The van der Waals surface area contributed by atoms with Gasteiger partial charge in [0, 0.05) is 0 Å². The van der Waals surface area contributed by atoms with Gasteiger partial charge in [0.15, 0.2) is 0 Å². The molecule has 0 bridgehead atoms. The summed E-state index contributed by atoms with van der Waals surface area (Å²) in [6, 6.07) is 0. The Morgan fingerprint density at radius 1 is 1.38 bits per heavy atom. The van der Waals surface area contributed by atoms with Crippen molar-refractivity contribution in [2.24, 2.45) is 5.41 Å². The molecule has 0 heterocycles. The highest BCUT2D eigenvalue weighted by Gasteiger charge is 2.39. The van der Waals surface area contributed by atoms with Gasteiger partial charge in [0.25, 0.3) is 0 Å². The van der Waals surface area contributed by atoms with Crippen molar-refractivity contribution in [3.63, 3.8) is 0 Å². The smallest absolute Gasteiger partial charge is 0.138 e. The van der Waals surface area contributed by atoms with Gasteiger partial charge < -0.3 is 5.11 Å². The van der Waals surface area contributed by atoms with Crippen LogP contribution in [0.4, 0.5) is 0 Å². The van der Waals surface area contributed by atoms with Crippen LogP contribution in [-0.4, -0.2) is 17.0 Å². The van der Waals surface area contributed by atoms with Gasteiger partial charge in [-0.15, -0.1) is 0 Å². The lowest BCUT2D eigenvalue weighted by Crippen LogP contribution is -2.41. The van der Waals surface area contributed by atoms with Crippen molar-refractivity contribution < 1.29 is 9.90 Å². The lowest BCUT2D eigenvalue weighted by Gasteiger charge is -2.35. The van der Waals surface area contributed by atoms with Gasteiger partial charge in [0.05, 0.1) is 11.5 Å². The lowest BCUT2D eigenvalue weighted by atomic mass is 9.71. The van der Waals surface area contributed by atoms with Gasteiger partial charge in [-0.2, -0.15) is 0 Å². The van der Waals surface area contributed by atoms with Gasteiger partial charge in [-0.3, -0.25) is 4.79 Å². The molecule has 1 aliphatic rings. The second kappa shape index (κ2) is 5.38. The molecule has 2 atom stereocenters. The van der Waals surface area contributed by atoms with E-state index in [2.05, 4.69) is 0 Å². The van der Waals surface area contributed by atoms with Crippen LogP contribution in [0, 0.1) is 5.41 Å². The Kier molecular flexibility index (Phi) is 5.23. The molecule has 13 heavy (non-hydrogen) atoms. The van der Waals surface area contributed by atoms with E-state index in [0.717, 1.165) is 25.7 Å². The molecule has 1 N–H and O–H groups in total. The molecule has 1 rings (SSSR count). The van der Waals surface area contributed by atoms with Crippen molar-refractivity contribution in [2.75, 3.05) is 0 Å². The molecule has 0 aromatic heterocycles. The summed E-state index contributed by atoms with van der Waals surface area (Å²) in [6.45, 7) is 7.45. The molecule has 0 aromatic carbocycles. The van der Waals surface area contributed by atoms with Gasteiger partial charge in [0.2, 0.25) is 0 Å². The molecule has 1 aliphatic carbocycles. The maximum Gasteiger partial charge on any atom is 0.138 e. The van der Waals surface area contributed by atoms with Crippen LogP contribution in [0.15, 0.2) is 0 Å². The summed E-state index contributed by atoms with van der Waals surface area (Å²) in [6.07, 6.45) is 3.37. The Balaban J connectivity index is 0.000000671. The van der Waals surface area contributed by atoms with Gasteiger partial charge >= 0.3 is 0 Å². The van der Waals surface area contributed by atoms with Crippen molar-refractivity contribution in [3.8, 4) is 0 Å². The zero-order valence-corrected chi connectivity index (χ0v) is 9.26. The minimum atomic E-state index is -0.446. The summed E-state index contributed by atoms with van der Waals surface area (Å²) in [5.41, 5.74) is -0.446. The highest BCUT2D eigenvalue weighted by molar-refractivity contribution is 5.82. The Morgan fingerprint density at radius 3 is 2.23 bits per heavy atom. The SMILES string of the molecule is CC.CC(=O)C1(C)CCCCC1O. The molecule has 2 heteroatoms. The van der Waals surface area contributed by atoms with Crippen LogP contribution < -0.4 is 0 Å². The van der Waals surface area contributed by atoms with Crippen LogP contribution in [0.25, 0.3) is 0 Å². The number of carbonyl (C=O) groups excluding carboxylic acids is 1. The summed E-state index contributed by atoms with van der Waals surface area (Å²) in [4.78, 5) is 11.2. The Hall–Kier alpha value is -0.370. The van der Waals surface area contributed by atoms with E-state index in [-0.39, 0.29) is 5.78 Å². The lowest BCUT2D eigenvalue weighted by molar-refractivity contribution is -0.134. The van der Waals surface area contributed by atoms with Crippen LogP contribution >= 0.6 is 0 Å². The molecule has 0 radical (unpaired) electrons. The normalized spacial score (nSPS) is 33.2. The first-order chi connectivity index (χ1) is 6.07. The highest BCUT2D eigenvalue weighted by atomic mass is 16.3. The predicted molar refractivity (Wildman–Crippen MR) is 54.6 cm³/mol. The average Bonchev–Trinajstić information content (AvgIpc) is 2.13. The van der Waals surface area contributed by atoms with Gasteiger partial charge in [0.1, 0.15) is 5.78 Å². The number of hydrogen-bond donors (Lipinski definition) is 1. The molecular formula is C11H22O2. The van der Waals surface area contributed by atoms with E-state index in [4.69, 9.17) is 0 Å². The molecule has 2 unspecified atom stereocenters. The quantitative estimate of drug-likeness (QED) is 0.683. The van der Waals surface area contributed by atoms with E-state index in [1.807, 2.05) is 20.8 Å². The monoisotopic (exact) mass is 186 g/mol. The minimum absolute atomic E-state index is 0.129. The zero-order chi connectivity index (χ0) is 10.5. The van der Waals surface area contributed by atoms with Crippen LogP contribution in [0.2, 0.25) is 0 Å². The molecule has 2 nitrogen and oxygen atoms in total. The molecule has 1 fully saturated rings. The van der Waals surface area contributed by atoms with Crippen molar-refractivity contribution in [3.05, 3.63) is 0 Å². The first kappa shape index (κ1) is 12.6. The Labute approximate surface area is 81.3 Å². The first-order valence-corrected chi connectivity index (χ1v) is 5.26. The van der Waals surface area contributed by atoms with E-state index in [1.165, 1.54) is 0 Å². The van der Waals surface area contributed by atoms with Gasteiger partial charge in [-0.05, 0) is 19.8 Å². The maximum atomic E-state index is 11.2. The van der Waals surface area contributed by atoms with Crippen LogP contribution in [0.3, 0.4) is 0 Å². The van der Waals surface area contributed by atoms with Crippen molar-refractivity contribution in [1.82, 2.24) is 0 Å². The third kappa shape index (κ3) is 2.80. The highest BCUT2D eigenvalue weighted by Crippen LogP contribution is 2.36. The molecular weight excluding hydrogens is 164 g/mol. The average molecular weight is 186 g/mol. The Morgan fingerprint density at radius 2 is 1.92 bits per heavy atom. The van der Waals surface area contributed by atoms with Crippen LogP contribution in [-0.2, 0) is 4.79 Å². The Bertz CT molecular complexity index is 165. The minimum Gasteiger partial charge on any atom is -0.392 e. The number of Topliss-reactive ketones (excluding diaryl/α,β-unsaturated/α-hetero) is 1. The molecule has 0 amide bonds. The number of carbonyl (C=O) groups is 1. The van der Waals surface area contributed by atoms with E-state index >= 15 is 0 Å². The molecule has 0 aromatic rings. The standard InChI is InChI=1S/C9H16O2.C2H6/c1-7(10)9(2)6-4-3-5-8(9)11;1-2/h8,11H,3-6H2,1-2H3;1-2H3. The van der Waals surface area contributed by atoms with Crippen LogP contribution in [0.1, 0.15) is 53.4 Å². The molecule has 1 saturated carbocycles.